The molecule has 1 aromatic carbocycles. The molecule has 1 aromatic heterocycles. The van der Waals surface area contributed by atoms with Gasteiger partial charge in [-0.05, 0) is 54.3 Å². The van der Waals surface area contributed by atoms with E-state index in [0.29, 0.717) is 6.04 Å². The highest BCUT2D eigenvalue weighted by atomic mass is 32.1. The molecule has 0 spiro atoms. The number of halogens is 1. The number of benzene rings is 1. The van der Waals surface area contributed by atoms with Gasteiger partial charge in [-0.2, -0.15) is 11.3 Å². The van der Waals surface area contributed by atoms with Gasteiger partial charge in [-0.15, -0.1) is 0 Å². The summed E-state index contributed by atoms with van der Waals surface area (Å²) in [4.78, 5) is 13.9. The number of Topliss-reactive ketones (excluding diaryl/α,β-unsaturated/α-hetero) is 1. The minimum Gasteiger partial charge on any atom is -0.364 e. The van der Waals surface area contributed by atoms with E-state index in [1.807, 2.05) is 11.4 Å². The number of hydrogen-bond donors (Lipinski definition) is 0. The Hall–Kier alpha value is -1.68. The Morgan fingerprint density at radius 2 is 2.20 bits per heavy atom. The van der Waals surface area contributed by atoms with E-state index in [9.17, 15) is 9.18 Å². The van der Waals surface area contributed by atoms with E-state index in [1.54, 1.807) is 17.4 Å². The minimum atomic E-state index is -0.425. The Bertz CT molecular complexity index is 619. The molecule has 0 N–H and O–H groups in total. The average molecular weight is 289 g/mol. The molecule has 1 fully saturated rings. The molecular weight excluding hydrogens is 273 g/mol. The second-order valence-electron chi connectivity index (χ2n) is 5.18. The number of rotatable bonds is 5. The van der Waals surface area contributed by atoms with Crippen LogP contribution in [0.15, 0.2) is 35.0 Å². The van der Waals surface area contributed by atoms with Crippen LogP contribution in [0.5, 0.6) is 0 Å². The van der Waals surface area contributed by atoms with Gasteiger partial charge in [-0.25, -0.2) is 4.39 Å². The predicted molar refractivity (Wildman–Crippen MR) is 79.9 cm³/mol. The van der Waals surface area contributed by atoms with E-state index in [0.717, 1.165) is 25.1 Å². The van der Waals surface area contributed by atoms with Crippen molar-refractivity contribution in [3.8, 4) is 0 Å². The Morgan fingerprint density at radius 1 is 1.40 bits per heavy atom. The molecule has 2 nitrogen and oxygen atoms in total. The van der Waals surface area contributed by atoms with Crippen molar-refractivity contribution >= 4 is 22.8 Å². The van der Waals surface area contributed by atoms with Crippen LogP contribution in [0.3, 0.4) is 0 Å². The quantitative estimate of drug-likeness (QED) is 0.767. The molecule has 20 heavy (non-hydrogen) atoms. The highest BCUT2D eigenvalue weighted by Gasteiger charge is 2.31. The third-order valence-corrected chi connectivity index (χ3v) is 4.31. The summed E-state index contributed by atoms with van der Waals surface area (Å²) in [6, 6.07) is 7.39. The van der Waals surface area contributed by atoms with Crippen molar-refractivity contribution in [2.45, 2.75) is 32.4 Å². The van der Waals surface area contributed by atoms with Crippen molar-refractivity contribution in [3.63, 3.8) is 0 Å². The smallest absolute Gasteiger partial charge is 0.164 e. The molecule has 0 amide bonds. The van der Waals surface area contributed by atoms with Gasteiger partial charge in [0.15, 0.2) is 5.78 Å². The maximum absolute atomic E-state index is 14.0. The Balaban J connectivity index is 1.99. The molecular formula is C16H16FNOS. The SMILES string of the molecule is CC(=O)c1c(F)cccc1N(Cc1ccsc1)C1CC1. The molecule has 0 saturated heterocycles. The number of carbonyl (C=O) groups excluding carboxylic acids is 1. The van der Waals surface area contributed by atoms with Crippen LogP contribution in [0, 0.1) is 5.82 Å². The second-order valence-corrected chi connectivity index (χ2v) is 5.96. The molecule has 0 bridgehead atoms. The van der Waals surface area contributed by atoms with Gasteiger partial charge in [-0.1, -0.05) is 6.07 Å². The Kier molecular flexibility index (Phi) is 3.57. The fraction of sp³-hybridized carbons (Fsp3) is 0.312. The van der Waals surface area contributed by atoms with Crippen LogP contribution in [-0.4, -0.2) is 11.8 Å². The molecule has 104 valence electrons. The number of ketones is 1. The van der Waals surface area contributed by atoms with Crippen LogP contribution in [0.25, 0.3) is 0 Å². The van der Waals surface area contributed by atoms with E-state index >= 15 is 0 Å². The summed E-state index contributed by atoms with van der Waals surface area (Å²) in [5.74, 6) is -0.639. The number of anilines is 1. The van der Waals surface area contributed by atoms with Gasteiger partial charge in [0.05, 0.1) is 11.3 Å². The van der Waals surface area contributed by atoms with Gasteiger partial charge in [0.25, 0.3) is 0 Å². The van der Waals surface area contributed by atoms with Gasteiger partial charge in [0.1, 0.15) is 5.82 Å². The number of thiophene rings is 1. The fourth-order valence-corrected chi connectivity index (χ4v) is 3.14. The van der Waals surface area contributed by atoms with Crippen LogP contribution >= 0.6 is 11.3 Å². The zero-order valence-corrected chi connectivity index (χ0v) is 12.1. The average Bonchev–Trinajstić information content (AvgIpc) is 3.12. The molecule has 0 aliphatic heterocycles. The molecule has 1 aliphatic rings. The van der Waals surface area contributed by atoms with E-state index in [2.05, 4.69) is 16.3 Å². The van der Waals surface area contributed by atoms with E-state index in [4.69, 9.17) is 0 Å². The first-order valence-electron chi connectivity index (χ1n) is 6.74. The van der Waals surface area contributed by atoms with Crippen molar-refractivity contribution in [1.82, 2.24) is 0 Å². The predicted octanol–water partition coefficient (Wildman–Crippen LogP) is 4.26. The van der Waals surface area contributed by atoms with Crippen molar-refractivity contribution < 1.29 is 9.18 Å². The van der Waals surface area contributed by atoms with Crippen molar-refractivity contribution in [2.24, 2.45) is 0 Å². The first kappa shape index (κ1) is 13.3. The first-order valence-corrected chi connectivity index (χ1v) is 7.68. The fourth-order valence-electron chi connectivity index (χ4n) is 2.48. The molecule has 1 aliphatic carbocycles. The maximum Gasteiger partial charge on any atom is 0.164 e. The maximum atomic E-state index is 14.0. The lowest BCUT2D eigenvalue weighted by Gasteiger charge is -2.26. The summed E-state index contributed by atoms with van der Waals surface area (Å²) >= 11 is 1.65. The van der Waals surface area contributed by atoms with Crippen LogP contribution < -0.4 is 4.90 Å². The van der Waals surface area contributed by atoms with Gasteiger partial charge in [0.2, 0.25) is 0 Å². The third kappa shape index (κ3) is 2.61. The molecule has 4 heteroatoms. The monoisotopic (exact) mass is 289 g/mol. The molecule has 1 heterocycles. The number of hydrogen-bond acceptors (Lipinski definition) is 3. The topological polar surface area (TPSA) is 20.3 Å². The van der Waals surface area contributed by atoms with Gasteiger partial charge >= 0.3 is 0 Å². The van der Waals surface area contributed by atoms with Crippen molar-refractivity contribution in [3.05, 3.63) is 52.0 Å². The van der Waals surface area contributed by atoms with Crippen LogP contribution in [0.2, 0.25) is 0 Å². The number of carbonyl (C=O) groups is 1. The highest BCUT2D eigenvalue weighted by Crippen LogP contribution is 2.36. The Morgan fingerprint density at radius 3 is 2.80 bits per heavy atom. The molecule has 0 unspecified atom stereocenters. The summed E-state index contributed by atoms with van der Waals surface area (Å²) in [6.45, 7) is 2.16. The second kappa shape index (κ2) is 5.37. The van der Waals surface area contributed by atoms with Crippen LogP contribution in [0.1, 0.15) is 35.7 Å². The largest absolute Gasteiger partial charge is 0.364 e. The van der Waals surface area contributed by atoms with Gasteiger partial charge in [-0.3, -0.25) is 4.79 Å². The standard InChI is InChI=1S/C16H16FNOS/c1-11(19)16-14(17)3-2-4-15(16)18(13-5-6-13)9-12-7-8-20-10-12/h2-4,7-8,10,13H,5-6,9H2,1H3. The zero-order chi connectivity index (χ0) is 14.1. The summed E-state index contributed by atoms with van der Waals surface area (Å²) in [7, 11) is 0. The lowest BCUT2D eigenvalue weighted by Crippen LogP contribution is -2.27. The van der Waals surface area contributed by atoms with E-state index in [-0.39, 0.29) is 11.3 Å². The molecule has 2 aromatic rings. The molecule has 3 rings (SSSR count). The van der Waals surface area contributed by atoms with Gasteiger partial charge < -0.3 is 4.90 Å². The van der Waals surface area contributed by atoms with E-state index < -0.39 is 5.82 Å². The molecule has 0 atom stereocenters. The van der Waals surface area contributed by atoms with E-state index in [1.165, 1.54) is 18.6 Å². The summed E-state index contributed by atoms with van der Waals surface area (Å²) in [5, 5.41) is 4.14. The minimum absolute atomic E-state index is 0.214. The first-order chi connectivity index (χ1) is 9.66. The normalized spacial score (nSPS) is 14.3. The Labute approximate surface area is 121 Å². The van der Waals surface area contributed by atoms with Crippen molar-refractivity contribution in [2.75, 3.05) is 4.90 Å². The molecule has 0 radical (unpaired) electrons. The lowest BCUT2D eigenvalue weighted by atomic mass is 10.1. The number of nitrogens with zero attached hydrogens (tertiary/aromatic N) is 1. The van der Waals surface area contributed by atoms with Gasteiger partial charge in [0, 0.05) is 12.6 Å². The summed E-state index contributed by atoms with van der Waals surface area (Å²) in [5.41, 5.74) is 2.15. The lowest BCUT2D eigenvalue weighted by molar-refractivity contribution is 0.101. The zero-order valence-electron chi connectivity index (χ0n) is 11.3. The van der Waals surface area contributed by atoms with Crippen LogP contribution in [0.4, 0.5) is 10.1 Å². The third-order valence-electron chi connectivity index (χ3n) is 3.57. The highest BCUT2D eigenvalue weighted by molar-refractivity contribution is 7.07. The van der Waals surface area contributed by atoms with Crippen molar-refractivity contribution in [1.29, 1.82) is 0 Å². The summed E-state index contributed by atoms with van der Waals surface area (Å²) in [6.07, 6.45) is 2.22. The van der Waals surface area contributed by atoms with Crippen LogP contribution in [-0.2, 0) is 6.54 Å². The summed E-state index contributed by atoms with van der Waals surface area (Å²) < 4.78 is 14.0. The molecule has 1 saturated carbocycles.